The molecule has 1 aliphatic rings. The van der Waals surface area contributed by atoms with Gasteiger partial charge in [-0.25, -0.2) is 18.1 Å². The van der Waals surface area contributed by atoms with E-state index in [-0.39, 0.29) is 23.5 Å². The Morgan fingerprint density at radius 1 is 1.24 bits per heavy atom. The second kappa shape index (κ2) is 8.23. The molecule has 1 unspecified atom stereocenters. The Morgan fingerprint density at radius 3 is 2.73 bits per heavy atom. The molecule has 1 atom stereocenters. The fourth-order valence-corrected chi connectivity index (χ4v) is 6.69. The Balaban J connectivity index is 1.65. The number of carbonyl (C=O) groups is 1. The number of nitrogens with one attached hydrogen (secondary N) is 1. The number of hydrogen-bond donors (Lipinski definition) is 1. The zero-order chi connectivity index (χ0) is 23.3. The predicted octanol–water partition coefficient (Wildman–Crippen LogP) is 5.04. The first-order chi connectivity index (χ1) is 15.7. The molecule has 0 aliphatic carbocycles. The van der Waals surface area contributed by atoms with Crippen molar-refractivity contribution in [3.05, 3.63) is 63.6 Å². The van der Waals surface area contributed by atoms with Crippen molar-refractivity contribution in [3.63, 3.8) is 0 Å². The molecule has 0 radical (unpaired) electrons. The van der Waals surface area contributed by atoms with Gasteiger partial charge in [0.05, 0.1) is 44.8 Å². The van der Waals surface area contributed by atoms with Crippen molar-refractivity contribution in [1.29, 1.82) is 0 Å². The van der Waals surface area contributed by atoms with E-state index in [0.29, 0.717) is 45.1 Å². The number of fused-ring (bicyclic) bond motifs is 1. The van der Waals surface area contributed by atoms with E-state index in [2.05, 4.69) is 10.4 Å². The maximum absolute atomic E-state index is 13.4. The van der Waals surface area contributed by atoms with Crippen molar-refractivity contribution >= 4 is 55.4 Å². The van der Waals surface area contributed by atoms with E-state index in [4.69, 9.17) is 16.6 Å². The van der Waals surface area contributed by atoms with E-state index in [9.17, 15) is 13.2 Å². The van der Waals surface area contributed by atoms with Crippen molar-refractivity contribution in [2.75, 3.05) is 16.8 Å². The maximum atomic E-state index is 13.4. The van der Waals surface area contributed by atoms with Gasteiger partial charge in [0.1, 0.15) is 0 Å². The van der Waals surface area contributed by atoms with E-state index >= 15 is 0 Å². The average Bonchev–Trinajstić information content (AvgIpc) is 3.49. The smallest absolute Gasteiger partial charge is 0.256 e. The highest BCUT2D eigenvalue weighted by Gasteiger charge is 2.32. The van der Waals surface area contributed by atoms with Gasteiger partial charge < -0.3 is 5.32 Å². The van der Waals surface area contributed by atoms with Crippen LogP contribution in [0.4, 0.5) is 5.69 Å². The molecule has 1 amide bonds. The van der Waals surface area contributed by atoms with Gasteiger partial charge in [0.15, 0.2) is 15.5 Å². The molecular formula is C23H21ClN4O3S2. The van der Waals surface area contributed by atoms with Crippen molar-refractivity contribution in [3.8, 4) is 10.6 Å². The summed E-state index contributed by atoms with van der Waals surface area (Å²) in [5.41, 5.74) is 3.74. The second-order valence-corrected chi connectivity index (χ2v) is 11.8. The summed E-state index contributed by atoms with van der Waals surface area (Å²) in [4.78, 5) is 19.2. The lowest BCUT2D eigenvalue weighted by molar-refractivity contribution is 0.102. The molecule has 3 aromatic heterocycles. The number of aryl methyl sites for hydroxylation is 2. The van der Waals surface area contributed by atoms with E-state index in [0.717, 1.165) is 10.4 Å². The molecule has 33 heavy (non-hydrogen) atoms. The Morgan fingerprint density at radius 2 is 2.06 bits per heavy atom. The Bertz CT molecular complexity index is 1490. The van der Waals surface area contributed by atoms with Gasteiger partial charge in [-0.3, -0.25) is 4.79 Å². The SMILES string of the molecule is Cc1ccc(NC(=O)c2cc(-c3cccs3)nc3c2c(C)nn3C2CCS(=O)(=O)C2)cc1Cl. The lowest BCUT2D eigenvalue weighted by Crippen LogP contribution is -2.15. The number of hydrogen-bond acceptors (Lipinski definition) is 6. The van der Waals surface area contributed by atoms with Gasteiger partial charge in [-0.2, -0.15) is 5.10 Å². The molecule has 0 bridgehead atoms. The monoisotopic (exact) mass is 500 g/mol. The van der Waals surface area contributed by atoms with Crippen LogP contribution in [0, 0.1) is 13.8 Å². The van der Waals surface area contributed by atoms with E-state index < -0.39 is 9.84 Å². The van der Waals surface area contributed by atoms with Crippen LogP contribution in [-0.4, -0.2) is 40.6 Å². The number of benzene rings is 1. The number of aromatic nitrogens is 3. The third kappa shape index (κ3) is 4.16. The van der Waals surface area contributed by atoms with Crippen LogP contribution in [0.5, 0.6) is 0 Å². The summed E-state index contributed by atoms with van der Waals surface area (Å²) in [5, 5.41) is 10.7. The molecule has 170 valence electrons. The highest BCUT2D eigenvalue weighted by atomic mass is 35.5. The van der Waals surface area contributed by atoms with Crippen LogP contribution in [-0.2, 0) is 9.84 Å². The van der Waals surface area contributed by atoms with Crippen LogP contribution in [0.25, 0.3) is 21.6 Å². The molecule has 1 aromatic carbocycles. The average molecular weight is 501 g/mol. The number of amides is 1. The lowest BCUT2D eigenvalue weighted by atomic mass is 10.1. The molecule has 1 N–H and O–H groups in total. The first-order valence-electron chi connectivity index (χ1n) is 10.4. The molecular weight excluding hydrogens is 480 g/mol. The van der Waals surface area contributed by atoms with Gasteiger partial charge >= 0.3 is 0 Å². The molecule has 10 heteroatoms. The maximum Gasteiger partial charge on any atom is 0.256 e. The minimum absolute atomic E-state index is 0.0253. The molecule has 0 spiro atoms. The predicted molar refractivity (Wildman–Crippen MR) is 132 cm³/mol. The molecule has 1 aliphatic heterocycles. The molecule has 0 saturated carbocycles. The topological polar surface area (TPSA) is 93.9 Å². The van der Waals surface area contributed by atoms with Gasteiger partial charge in [0.25, 0.3) is 5.91 Å². The third-order valence-electron chi connectivity index (χ3n) is 5.84. The van der Waals surface area contributed by atoms with Crippen LogP contribution in [0.2, 0.25) is 5.02 Å². The molecule has 4 aromatic rings. The van der Waals surface area contributed by atoms with E-state index in [1.165, 1.54) is 11.3 Å². The number of nitrogens with zero attached hydrogens (tertiary/aromatic N) is 3. The van der Waals surface area contributed by atoms with Crippen molar-refractivity contribution in [1.82, 2.24) is 14.8 Å². The van der Waals surface area contributed by atoms with Crippen molar-refractivity contribution in [2.45, 2.75) is 26.3 Å². The highest BCUT2D eigenvalue weighted by Crippen LogP contribution is 2.33. The standard InChI is InChI=1S/C23H21ClN4O3S2/c1-13-5-6-15(10-18(13)24)25-23(29)17-11-19(20-4-3-8-32-20)26-22-21(17)14(2)27-28(22)16-7-9-33(30,31)12-16/h3-6,8,10-11,16H,7,9,12H2,1-2H3,(H,25,29). The van der Waals surface area contributed by atoms with Gasteiger partial charge in [-0.1, -0.05) is 23.7 Å². The number of carbonyl (C=O) groups excluding carboxylic acids is 1. The fourth-order valence-electron chi connectivity index (χ4n) is 4.13. The normalized spacial score (nSPS) is 17.5. The number of sulfone groups is 1. The van der Waals surface area contributed by atoms with E-state index in [1.807, 2.05) is 37.4 Å². The number of anilines is 1. The lowest BCUT2D eigenvalue weighted by Gasteiger charge is -2.12. The first-order valence-corrected chi connectivity index (χ1v) is 13.5. The summed E-state index contributed by atoms with van der Waals surface area (Å²) >= 11 is 7.75. The summed E-state index contributed by atoms with van der Waals surface area (Å²) in [6.45, 7) is 3.71. The fraction of sp³-hybridized carbons (Fsp3) is 0.261. The van der Waals surface area contributed by atoms with Crippen LogP contribution in [0.15, 0.2) is 41.8 Å². The number of halogens is 1. The third-order valence-corrected chi connectivity index (χ3v) is 8.89. The molecule has 1 fully saturated rings. The zero-order valence-corrected chi connectivity index (χ0v) is 20.4. The number of rotatable bonds is 4. The molecule has 5 rings (SSSR count). The molecule has 1 saturated heterocycles. The zero-order valence-electron chi connectivity index (χ0n) is 18.0. The first kappa shape index (κ1) is 22.1. The summed E-state index contributed by atoms with van der Waals surface area (Å²) in [6, 6.07) is 10.7. The summed E-state index contributed by atoms with van der Waals surface area (Å²) in [6.07, 6.45) is 0.479. The van der Waals surface area contributed by atoms with Crippen molar-refractivity contribution < 1.29 is 13.2 Å². The Labute approximate surface area is 200 Å². The van der Waals surface area contributed by atoms with Gasteiger partial charge in [-0.15, -0.1) is 11.3 Å². The molecule has 7 nitrogen and oxygen atoms in total. The van der Waals surface area contributed by atoms with Gasteiger partial charge in [0.2, 0.25) is 0 Å². The number of thiophene rings is 1. The Hall–Kier alpha value is -2.75. The minimum Gasteiger partial charge on any atom is -0.322 e. The minimum atomic E-state index is -3.11. The second-order valence-electron chi connectivity index (χ2n) is 8.24. The largest absolute Gasteiger partial charge is 0.322 e. The van der Waals surface area contributed by atoms with Crippen LogP contribution < -0.4 is 5.32 Å². The quantitative estimate of drug-likeness (QED) is 0.423. The van der Waals surface area contributed by atoms with Crippen molar-refractivity contribution in [2.24, 2.45) is 0 Å². The van der Waals surface area contributed by atoms with Crippen LogP contribution >= 0.6 is 22.9 Å². The summed E-state index contributed by atoms with van der Waals surface area (Å²) in [7, 11) is -3.11. The van der Waals surface area contributed by atoms with Crippen LogP contribution in [0.1, 0.15) is 34.1 Å². The molecule has 4 heterocycles. The van der Waals surface area contributed by atoms with Crippen LogP contribution in [0.3, 0.4) is 0 Å². The summed E-state index contributed by atoms with van der Waals surface area (Å²) in [5.74, 6) is -0.149. The van der Waals surface area contributed by atoms with E-state index in [1.54, 1.807) is 22.9 Å². The van der Waals surface area contributed by atoms with Gasteiger partial charge in [-0.05, 0) is 55.5 Å². The Kier molecular flexibility index (Phi) is 5.50. The van der Waals surface area contributed by atoms with Gasteiger partial charge in [0, 0.05) is 10.7 Å². The summed E-state index contributed by atoms with van der Waals surface area (Å²) < 4.78 is 25.9. The number of pyridine rings is 1. The highest BCUT2D eigenvalue weighted by molar-refractivity contribution is 7.91.